The summed E-state index contributed by atoms with van der Waals surface area (Å²) in [4.78, 5) is 32.5. The number of nitro benzene ring substituents is 2. The fraction of sp³-hybridized carbons (Fsp3) is 0.0714. The summed E-state index contributed by atoms with van der Waals surface area (Å²) in [6, 6.07) is 6.73. The zero-order chi connectivity index (χ0) is 16.9. The second-order valence-electron chi connectivity index (χ2n) is 4.98. The Bertz CT molecular complexity index is 889. The Morgan fingerprint density at radius 3 is 1.91 bits per heavy atom. The summed E-state index contributed by atoms with van der Waals surface area (Å²) in [6.45, 7) is 0. The van der Waals surface area contributed by atoms with Gasteiger partial charge in [-0.05, 0) is 23.3 Å². The van der Waals surface area contributed by atoms with Crippen LogP contribution in [0.25, 0.3) is 11.1 Å². The SMILES string of the molecule is O=C1c2cc([N+](=O)[O-])ccc2-c2ccc([N+](=O)[O-])cc2C1(O)O. The van der Waals surface area contributed by atoms with E-state index in [1.54, 1.807) is 0 Å². The minimum absolute atomic E-state index is 0.185. The highest BCUT2D eigenvalue weighted by molar-refractivity contribution is 6.11. The van der Waals surface area contributed by atoms with Gasteiger partial charge in [0.1, 0.15) is 0 Å². The van der Waals surface area contributed by atoms with E-state index in [1.807, 2.05) is 0 Å². The molecule has 0 atom stereocenters. The van der Waals surface area contributed by atoms with Crippen molar-refractivity contribution in [2.75, 3.05) is 0 Å². The van der Waals surface area contributed by atoms with Crippen LogP contribution >= 0.6 is 0 Å². The lowest BCUT2D eigenvalue weighted by atomic mass is 9.80. The molecule has 23 heavy (non-hydrogen) atoms. The van der Waals surface area contributed by atoms with Crippen molar-refractivity contribution in [1.29, 1.82) is 0 Å². The summed E-state index contributed by atoms with van der Waals surface area (Å²) in [6.07, 6.45) is 0. The maximum atomic E-state index is 12.3. The van der Waals surface area contributed by atoms with E-state index in [-0.39, 0.29) is 27.9 Å². The van der Waals surface area contributed by atoms with E-state index in [0.717, 1.165) is 18.2 Å². The van der Waals surface area contributed by atoms with E-state index >= 15 is 0 Å². The quantitative estimate of drug-likeness (QED) is 0.485. The Kier molecular flexibility index (Phi) is 2.99. The molecule has 3 rings (SSSR count). The Morgan fingerprint density at radius 2 is 1.35 bits per heavy atom. The zero-order valence-electron chi connectivity index (χ0n) is 11.3. The van der Waals surface area contributed by atoms with Gasteiger partial charge in [0.15, 0.2) is 0 Å². The monoisotopic (exact) mass is 316 g/mol. The van der Waals surface area contributed by atoms with Crippen LogP contribution in [0.4, 0.5) is 11.4 Å². The number of hydrogen-bond acceptors (Lipinski definition) is 7. The van der Waals surface area contributed by atoms with Gasteiger partial charge in [0.25, 0.3) is 17.2 Å². The van der Waals surface area contributed by atoms with Crippen LogP contribution in [-0.4, -0.2) is 25.8 Å². The number of nitro groups is 2. The predicted octanol–water partition coefficient (Wildman–Crippen LogP) is 1.50. The molecule has 2 N–H and O–H groups in total. The maximum absolute atomic E-state index is 12.3. The number of Topliss-reactive ketones (excluding diaryl/α,β-unsaturated/α-hetero) is 1. The molecule has 0 saturated carbocycles. The predicted molar refractivity (Wildman–Crippen MR) is 75.6 cm³/mol. The standard InChI is InChI=1S/C14H8N2O7/c17-13-11-5-7(15(20)21)1-3-9(11)10-4-2-8(16(22)23)6-12(10)14(13,18)19/h1-6,18-19H. The van der Waals surface area contributed by atoms with Crippen LogP contribution in [0.15, 0.2) is 36.4 Å². The average Bonchev–Trinajstić information content (AvgIpc) is 2.51. The molecule has 9 nitrogen and oxygen atoms in total. The van der Waals surface area contributed by atoms with Gasteiger partial charge >= 0.3 is 0 Å². The van der Waals surface area contributed by atoms with Gasteiger partial charge in [-0.25, -0.2) is 0 Å². The van der Waals surface area contributed by atoms with Gasteiger partial charge in [0.05, 0.1) is 9.85 Å². The zero-order valence-corrected chi connectivity index (χ0v) is 11.3. The molecule has 9 heteroatoms. The van der Waals surface area contributed by atoms with Crippen LogP contribution in [0, 0.1) is 20.2 Å². The molecular formula is C14H8N2O7. The molecule has 0 heterocycles. The summed E-state index contributed by atoms with van der Waals surface area (Å²) >= 11 is 0. The number of benzene rings is 2. The number of carbonyl (C=O) groups is 1. The fourth-order valence-corrected chi connectivity index (χ4v) is 2.55. The molecule has 0 amide bonds. The largest absolute Gasteiger partial charge is 0.356 e. The first-order valence-corrected chi connectivity index (χ1v) is 6.30. The van der Waals surface area contributed by atoms with Gasteiger partial charge in [-0.1, -0.05) is 0 Å². The number of ketones is 1. The highest BCUT2D eigenvalue weighted by Crippen LogP contribution is 2.43. The molecule has 0 aliphatic heterocycles. The van der Waals surface area contributed by atoms with Gasteiger partial charge in [0, 0.05) is 35.4 Å². The van der Waals surface area contributed by atoms with Gasteiger partial charge in [-0.2, -0.15) is 0 Å². The molecule has 2 aromatic carbocycles. The molecule has 1 aliphatic rings. The van der Waals surface area contributed by atoms with Crippen molar-refractivity contribution in [3.63, 3.8) is 0 Å². The molecule has 116 valence electrons. The van der Waals surface area contributed by atoms with Crippen molar-refractivity contribution >= 4 is 17.2 Å². The molecule has 2 aromatic rings. The van der Waals surface area contributed by atoms with Crippen molar-refractivity contribution in [2.45, 2.75) is 5.79 Å². The van der Waals surface area contributed by atoms with Crippen LogP contribution in [-0.2, 0) is 5.79 Å². The molecular weight excluding hydrogens is 308 g/mol. The van der Waals surface area contributed by atoms with Crippen LogP contribution < -0.4 is 0 Å². The van der Waals surface area contributed by atoms with Gasteiger partial charge in [0.2, 0.25) is 5.78 Å². The number of hydrogen-bond donors (Lipinski definition) is 2. The van der Waals surface area contributed by atoms with Gasteiger partial charge in [-0.15, -0.1) is 0 Å². The second-order valence-corrected chi connectivity index (χ2v) is 4.98. The summed E-state index contributed by atoms with van der Waals surface area (Å²) in [5.41, 5.74) is -0.925. The smallest absolute Gasteiger partial charge is 0.270 e. The lowest BCUT2D eigenvalue weighted by molar-refractivity contribution is -0.385. The van der Waals surface area contributed by atoms with Crippen molar-refractivity contribution in [3.05, 3.63) is 67.8 Å². The van der Waals surface area contributed by atoms with Crippen LogP contribution in [0.1, 0.15) is 15.9 Å². The third-order valence-electron chi connectivity index (χ3n) is 3.65. The lowest BCUT2D eigenvalue weighted by Gasteiger charge is -2.29. The van der Waals surface area contributed by atoms with Crippen molar-refractivity contribution in [3.8, 4) is 11.1 Å². The molecule has 0 fully saturated rings. The third kappa shape index (κ3) is 2.06. The van der Waals surface area contributed by atoms with E-state index in [4.69, 9.17) is 0 Å². The first-order valence-electron chi connectivity index (χ1n) is 6.30. The van der Waals surface area contributed by atoms with Gasteiger partial charge < -0.3 is 10.2 Å². The Morgan fingerprint density at radius 1 is 0.826 bits per heavy atom. The van der Waals surface area contributed by atoms with Crippen LogP contribution in [0.3, 0.4) is 0 Å². The number of rotatable bonds is 2. The molecule has 0 spiro atoms. The minimum Gasteiger partial charge on any atom is -0.356 e. The van der Waals surface area contributed by atoms with Crippen molar-refractivity contribution in [2.24, 2.45) is 0 Å². The normalized spacial score (nSPS) is 14.8. The second kappa shape index (κ2) is 4.66. The highest BCUT2D eigenvalue weighted by atomic mass is 16.6. The Hall–Kier alpha value is -3.17. The number of nitrogens with zero attached hydrogens (tertiary/aromatic N) is 2. The number of aliphatic hydroxyl groups is 2. The average molecular weight is 316 g/mol. The van der Waals surface area contributed by atoms with Crippen molar-refractivity contribution in [1.82, 2.24) is 0 Å². The van der Waals surface area contributed by atoms with E-state index in [2.05, 4.69) is 0 Å². The van der Waals surface area contributed by atoms with Crippen molar-refractivity contribution < 1.29 is 24.9 Å². The highest BCUT2D eigenvalue weighted by Gasteiger charge is 2.44. The summed E-state index contributed by atoms with van der Waals surface area (Å²) in [5.74, 6) is -4.17. The minimum atomic E-state index is -3.00. The summed E-state index contributed by atoms with van der Waals surface area (Å²) in [7, 11) is 0. The summed E-state index contributed by atoms with van der Waals surface area (Å²) < 4.78 is 0. The number of carbonyl (C=O) groups excluding carboxylic acids is 1. The van der Waals surface area contributed by atoms with E-state index in [9.17, 15) is 35.2 Å². The first kappa shape index (κ1) is 14.8. The topological polar surface area (TPSA) is 144 Å². The Labute approximate surface area is 127 Å². The molecule has 0 unspecified atom stereocenters. The summed E-state index contributed by atoms with van der Waals surface area (Å²) in [5, 5.41) is 41.8. The fourth-order valence-electron chi connectivity index (χ4n) is 2.55. The number of fused-ring (bicyclic) bond motifs is 3. The molecule has 0 bridgehead atoms. The van der Waals surface area contributed by atoms with Gasteiger partial charge in [-0.3, -0.25) is 25.0 Å². The van der Waals surface area contributed by atoms with Crippen LogP contribution in [0.2, 0.25) is 0 Å². The molecule has 0 saturated heterocycles. The maximum Gasteiger partial charge on any atom is 0.270 e. The number of non-ortho nitro benzene ring substituents is 2. The Balaban J connectivity index is 2.32. The molecule has 1 aliphatic carbocycles. The lowest BCUT2D eigenvalue weighted by Crippen LogP contribution is -2.39. The van der Waals surface area contributed by atoms with E-state index < -0.39 is 27.1 Å². The third-order valence-corrected chi connectivity index (χ3v) is 3.65. The molecule has 0 aromatic heterocycles. The first-order chi connectivity index (χ1) is 10.7. The molecule has 0 radical (unpaired) electrons. The van der Waals surface area contributed by atoms with E-state index in [0.29, 0.717) is 0 Å². The van der Waals surface area contributed by atoms with Crippen LogP contribution in [0.5, 0.6) is 0 Å². The van der Waals surface area contributed by atoms with E-state index in [1.165, 1.54) is 18.2 Å².